The van der Waals surface area contributed by atoms with E-state index >= 15 is 0 Å². The third-order valence-corrected chi connectivity index (χ3v) is 2.12. The van der Waals surface area contributed by atoms with Crippen molar-refractivity contribution >= 4 is 0 Å². The van der Waals surface area contributed by atoms with Crippen molar-refractivity contribution in [2.24, 2.45) is 5.73 Å². The molecule has 0 fully saturated rings. The lowest BCUT2D eigenvalue weighted by atomic mass is 10.0. The van der Waals surface area contributed by atoms with Crippen LogP contribution in [-0.4, -0.2) is 6.61 Å². The molecule has 0 amide bonds. The van der Waals surface area contributed by atoms with Crippen LogP contribution in [-0.2, 0) is 0 Å². The number of ether oxygens (including phenoxy) is 1. The van der Waals surface area contributed by atoms with Crippen LogP contribution in [0.2, 0.25) is 0 Å². The summed E-state index contributed by atoms with van der Waals surface area (Å²) in [5, 5.41) is 0. The topological polar surface area (TPSA) is 35.2 Å². The molecular weight excluding hydrogens is 186 g/mol. The zero-order chi connectivity index (χ0) is 11.1. The van der Waals surface area contributed by atoms with Crippen molar-refractivity contribution in [3.8, 4) is 17.6 Å². The lowest BCUT2D eigenvalue weighted by molar-refractivity contribution is 0.334. The molecule has 0 heterocycles. The van der Waals surface area contributed by atoms with Gasteiger partial charge in [0.25, 0.3) is 0 Å². The van der Waals surface area contributed by atoms with Crippen molar-refractivity contribution < 1.29 is 4.74 Å². The van der Waals surface area contributed by atoms with E-state index in [0.717, 1.165) is 11.3 Å². The fourth-order valence-corrected chi connectivity index (χ4v) is 1.40. The monoisotopic (exact) mass is 203 g/mol. The number of hydrogen-bond acceptors (Lipinski definition) is 2. The minimum Gasteiger partial charge on any atom is -0.494 e. The van der Waals surface area contributed by atoms with E-state index < -0.39 is 0 Å². The second kappa shape index (κ2) is 6.10. The highest BCUT2D eigenvalue weighted by molar-refractivity contribution is 5.36. The summed E-state index contributed by atoms with van der Waals surface area (Å²) < 4.78 is 5.51. The summed E-state index contributed by atoms with van der Waals surface area (Å²) >= 11 is 0. The smallest absolute Gasteiger partial charge is 0.124 e. The first kappa shape index (κ1) is 11.6. The molecule has 0 saturated heterocycles. The Morgan fingerprint density at radius 2 is 2.13 bits per heavy atom. The highest BCUT2D eigenvalue weighted by atomic mass is 16.5. The summed E-state index contributed by atoms with van der Waals surface area (Å²) in [4.78, 5) is 0. The third kappa shape index (κ3) is 3.30. The van der Waals surface area contributed by atoms with Crippen molar-refractivity contribution in [2.75, 3.05) is 6.61 Å². The maximum absolute atomic E-state index is 6.03. The zero-order valence-electron chi connectivity index (χ0n) is 9.29. The molecule has 0 saturated carbocycles. The molecule has 1 aromatic carbocycles. The maximum Gasteiger partial charge on any atom is 0.124 e. The predicted molar refractivity (Wildman–Crippen MR) is 62.6 cm³/mol. The van der Waals surface area contributed by atoms with E-state index in [1.54, 1.807) is 0 Å². The molecule has 2 N–H and O–H groups in total. The van der Waals surface area contributed by atoms with Crippen molar-refractivity contribution in [2.45, 2.75) is 26.3 Å². The molecule has 1 aromatic rings. The molecule has 2 heteroatoms. The first-order valence-corrected chi connectivity index (χ1v) is 5.16. The Balaban J connectivity index is 2.84. The second-order valence-corrected chi connectivity index (χ2v) is 3.21. The molecule has 80 valence electrons. The molecule has 0 bridgehead atoms. The Bertz CT molecular complexity index is 362. The van der Waals surface area contributed by atoms with Gasteiger partial charge in [0.05, 0.1) is 6.61 Å². The Morgan fingerprint density at radius 3 is 2.80 bits per heavy atom. The Hall–Kier alpha value is -1.46. The van der Waals surface area contributed by atoms with E-state index in [-0.39, 0.29) is 6.04 Å². The van der Waals surface area contributed by atoms with Crippen LogP contribution in [0.1, 0.15) is 31.9 Å². The highest BCUT2D eigenvalue weighted by Gasteiger charge is 2.09. The van der Waals surface area contributed by atoms with Gasteiger partial charge < -0.3 is 10.5 Å². The van der Waals surface area contributed by atoms with Gasteiger partial charge in [-0.3, -0.25) is 0 Å². The molecule has 0 aliphatic rings. The predicted octanol–water partition coefficient (Wildman–Crippen LogP) is 2.50. The van der Waals surface area contributed by atoms with Gasteiger partial charge in [-0.25, -0.2) is 0 Å². The average molecular weight is 203 g/mol. The van der Waals surface area contributed by atoms with Crippen LogP contribution in [0.3, 0.4) is 0 Å². The van der Waals surface area contributed by atoms with Gasteiger partial charge in [-0.15, -0.1) is 11.8 Å². The Kier molecular flexibility index (Phi) is 4.73. The average Bonchev–Trinajstić information content (AvgIpc) is 2.27. The van der Waals surface area contributed by atoms with Crippen LogP contribution in [0.15, 0.2) is 24.3 Å². The van der Waals surface area contributed by atoms with E-state index in [1.165, 1.54) is 0 Å². The van der Waals surface area contributed by atoms with Gasteiger partial charge in [-0.2, -0.15) is 0 Å². The third-order valence-electron chi connectivity index (χ3n) is 2.12. The van der Waals surface area contributed by atoms with Crippen molar-refractivity contribution in [1.29, 1.82) is 0 Å². The number of para-hydroxylation sites is 1. The number of nitrogens with two attached hydrogens (primary N) is 1. The molecule has 15 heavy (non-hydrogen) atoms. The van der Waals surface area contributed by atoms with Crippen LogP contribution in [0.5, 0.6) is 5.75 Å². The van der Waals surface area contributed by atoms with Crippen molar-refractivity contribution in [3.63, 3.8) is 0 Å². The molecule has 0 aromatic heterocycles. The fourth-order valence-electron chi connectivity index (χ4n) is 1.40. The highest BCUT2D eigenvalue weighted by Crippen LogP contribution is 2.25. The van der Waals surface area contributed by atoms with Crippen molar-refractivity contribution in [3.05, 3.63) is 29.8 Å². The van der Waals surface area contributed by atoms with E-state index in [9.17, 15) is 0 Å². The molecule has 1 rings (SSSR count). The molecule has 0 aliphatic heterocycles. The minimum absolute atomic E-state index is 0.0693. The van der Waals surface area contributed by atoms with Gasteiger partial charge in [0, 0.05) is 18.0 Å². The molecule has 0 spiro atoms. The zero-order valence-corrected chi connectivity index (χ0v) is 9.29. The quantitative estimate of drug-likeness (QED) is 0.763. The summed E-state index contributed by atoms with van der Waals surface area (Å²) in [7, 11) is 0. The summed E-state index contributed by atoms with van der Waals surface area (Å²) in [6, 6.07) is 7.79. The molecule has 0 aliphatic carbocycles. The fraction of sp³-hybridized carbons (Fsp3) is 0.385. The standard InChI is InChI=1S/C13H17NO/c1-3-5-9-12(14)11-8-6-7-10-13(11)15-4-2/h6-8,10,12H,4,9,14H2,1-2H3. The molecule has 2 nitrogen and oxygen atoms in total. The minimum atomic E-state index is -0.0693. The molecule has 1 unspecified atom stereocenters. The first-order valence-electron chi connectivity index (χ1n) is 5.16. The van der Waals surface area contributed by atoms with E-state index in [1.807, 2.05) is 38.1 Å². The summed E-state index contributed by atoms with van der Waals surface area (Å²) in [5.41, 5.74) is 7.06. The van der Waals surface area contributed by atoms with Crippen LogP contribution in [0.25, 0.3) is 0 Å². The van der Waals surface area contributed by atoms with Crippen molar-refractivity contribution in [1.82, 2.24) is 0 Å². The van der Waals surface area contributed by atoms with Crippen LogP contribution in [0, 0.1) is 11.8 Å². The summed E-state index contributed by atoms with van der Waals surface area (Å²) in [6.07, 6.45) is 0.667. The lowest BCUT2D eigenvalue weighted by Crippen LogP contribution is -2.11. The largest absolute Gasteiger partial charge is 0.494 e. The Morgan fingerprint density at radius 1 is 1.40 bits per heavy atom. The molecule has 0 radical (unpaired) electrons. The van der Waals surface area contributed by atoms with Crippen LogP contribution < -0.4 is 10.5 Å². The Labute approximate surface area is 91.4 Å². The first-order chi connectivity index (χ1) is 7.29. The SMILES string of the molecule is CC#CCC(N)c1ccccc1OCC. The number of rotatable bonds is 4. The van der Waals surface area contributed by atoms with Gasteiger partial charge in [-0.05, 0) is 19.9 Å². The molecular formula is C13H17NO. The van der Waals surface area contributed by atoms with Gasteiger partial charge in [0.2, 0.25) is 0 Å². The number of hydrogen-bond donors (Lipinski definition) is 1. The van der Waals surface area contributed by atoms with Gasteiger partial charge in [0.1, 0.15) is 5.75 Å². The number of benzene rings is 1. The van der Waals surface area contributed by atoms with E-state index in [4.69, 9.17) is 10.5 Å². The van der Waals surface area contributed by atoms with Crippen LogP contribution in [0.4, 0.5) is 0 Å². The summed E-state index contributed by atoms with van der Waals surface area (Å²) in [6.45, 7) is 4.44. The maximum atomic E-state index is 6.03. The van der Waals surface area contributed by atoms with E-state index in [2.05, 4.69) is 11.8 Å². The normalized spacial score (nSPS) is 11.4. The lowest BCUT2D eigenvalue weighted by Gasteiger charge is -2.14. The second-order valence-electron chi connectivity index (χ2n) is 3.21. The summed E-state index contributed by atoms with van der Waals surface area (Å²) in [5.74, 6) is 6.70. The van der Waals surface area contributed by atoms with Gasteiger partial charge in [-0.1, -0.05) is 18.2 Å². The van der Waals surface area contributed by atoms with E-state index in [0.29, 0.717) is 13.0 Å². The van der Waals surface area contributed by atoms with Gasteiger partial charge >= 0.3 is 0 Å². The molecule has 1 atom stereocenters. The van der Waals surface area contributed by atoms with Crippen LogP contribution >= 0.6 is 0 Å². The van der Waals surface area contributed by atoms with Gasteiger partial charge in [0.15, 0.2) is 0 Å².